The maximum Gasteiger partial charge on any atom is 0.197 e. The predicted octanol–water partition coefficient (Wildman–Crippen LogP) is 7.68. The van der Waals surface area contributed by atoms with E-state index in [0.717, 1.165) is 5.92 Å². The number of halogens is 4. The Bertz CT molecular complexity index is 796. The first-order valence-corrected chi connectivity index (χ1v) is 10.5. The van der Waals surface area contributed by atoms with Gasteiger partial charge in [-0.15, -0.1) is 0 Å². The van der Waals surface area contributed by atoms with Crippen LogP contribution in [0, 0.1) is 29.2 Å². The largest absolute Gasteiger partial charge is 0.489 e. The van der Waals surface area contributed by atoms with Crippen LogP contribution >= 0.6 is 0 Å². The Morgan fingerprint density at radius 1 is 0.862 bits per heavy atom. The number of hydrogen-bond acceptors (Lipinski definition) is 1. The van der Waals surface area contributed by atoms with Crippen molar-refractivity contribution in [3.63, 3.8) is 0 Å². The molecule has 0 atom stereocenters. The van der Waals surface area contributed by atoms with E-state index >= 15 is 0 Å². The molecule has 1 saturated carbocycles. The molecule has 158 valence electrons. The summed E-state index contributed by atoms with van der Waals surface area (Å²) >= 11 is 0. The molecule has 0 saturated heterocycles. The van der Waals surface area contributed by atoms with E-state index < -0.39 is 23.3 Å². The van der Waals surface area contributed by atoms with Crippen molar-refractivity contribution in [2.45, 2.75) is 70.8 Å². The normalized spacial score (nSPS) is 19.3. The smallest absolute Gasteiger partial charge is 0.197 e. The maximum atomic E-state index is 13.7. The lowest BCUT2D eigenvalue weighted by Crippen LogP contribution is -2.13. The Kier molecular flexibility index (Phi) is 7.57. The average Bonchev–Trinajstić information content (AvgIpc) is 2.75. The van der Waals surface area contributed by atoms with Gasteiger partial charge in [0.15, 0.2) is 23.3 Å². The predicted molar refractivity (Wildman–Crippen MR) is 106 cm³/mol. The minimum absolute atomic E-state index is 0.355. The Morgan fingerprint density at radius 2 is 1.55 bits per heavy atom. The van der Waals surface area contributed by atoms with E-state index in [1.807, 2.05) is 12.1 Å². The van der Waals surface area contributed by atoms with Gasteiger partial charge in [0.1, 0.15) is 12.4 Å². The fourth-order valence-corrected chi connectivity index (χ4v) is 4.19. The van der Waals surface area contributed by atoms with Crippen LogP contribution in [-0.2, 0) is 6.61 Å². The molecule has 0 aromatic heterocycles. The molecular weight excluding hydrogens is 380 g/mol. The molecule has 0 bridgehead atoms. The van der Waals surface area contributed by atoms with Gasteiger partial charge in [0, 0.05) is 5.56 Å². The highest BCUT2D eigenvalue weighted by Gasteiger charge is 2.22. The molecule has 0 radical (unpaired) electrons. The monoisotopic (exact) mass is 408 g/mol. The van der Waals surface area contributed by atoms with Crippen LogP contribution in [0.2, 0.25) is 0 Å². The highest BCUT2D eigenvalue weighted by atomic mass is 19.2. The van der Waals surface area contributed by atoms with Gasteiger partial charge in [0.2, 0.25) is 0 Å². The number of unbranched alkanes of at least 4 members (excludes halogenated alkanes) is 2. The molecule has 1 aliphatic carbocycles. The van der Waals surface area contributed by atoms with Crippen molar-refractivity contribution in [2.75, 3.05) is 0 Å². The molecule has 5 heteroatoms. The highest BCUT2D eigenvalue weighted by molar-refractivity contribution is 5.30. The van der Waals surface area contributed by atoms with Crippen molar-refractivity contribution in [3.8, 4) is 5.75 Å². The Morgan fingerprint density at radius 3 is 2.21 bits per heavy atom. The highest BCUT2D eigenvalue weighted by Crippen LogP contribution is 2.38. The van der Waals surface area contributed by atoms with Gasteiger partial charge >= 0.3 is 0 Å². The molecule has 2 aromatic carbocycles. The SMILES string of the molecule is CCCCCC1CCC(c2ccc(OCc3cc(F)c(F)c(F)c3F)cc2)CC1. The lowest BCUT2D eigenvalue weighted by molar-refractivity contribution is 0.291. The van der Waals surface area contributed by atoms with Crippen LogP contribution in [0.3, 0.4) is 0 Å². The van der Waals surface area contributed by atoms with Gasteiger partial charge in [-0.2, -0.15) is 0 Å². The number of hydrogen-bond donors (Lipinski definition) is 0. The summed E-state index contributed by atoms with van der Waals surface area (Å²) in [5.74, 6) is -4.60. The van der Waals surface area contributed by atoms with E-state index in [0.29, 0.717) is 17.7 Å². The number of ether oxygens (including phenoxy) is 1. The molecule has 0 unspecified atom stereocenters. The molecule has 0 amide bonds. The Labute approximate surface area is 170 Å². The zero-order valence-corrected chi connectivity index (χ0v) is 16.8. The second-order valence-electron chi connectivity index (χ2n) is 8.03. The van der Waals surface area contributed by atoms with Gasteiger partial charge in [-0.1, -0.05) is 44.7 Å². The zero-order chi connectivity index (χ0) is 20.8. The average molecular weight is 408 g/mol. The lowest BCUT2D eigenvalue weighted by Gasteiger charge is -2.29. The third-order valence-electron chi connectivity index (χ3n) is 5.99. The van der Waals surface area contributed by atoms with E-state index in [4.69, 9.17) is 4.74 Å². The summed E-state index contributed by atoms with van der Waals surface area (Å²) in [6.07, 6.45) is 10.2. The molecule has 0 heterocycles. The van der Waals surface area contributed by atoms with Gasteiger partial charge in [0.25, 0.3) is 0 Å². The van der Waals surface area contributed by atoms with Gasteiger partial charge in [0.05, 0.1) is 0 Å². The molecule has 3 rings (SSSR count). The van der Waals surface area contributed by atoms with Crippen LogP contribution in [0.1, 0.15) is 75.3 Å². The minimum atomic E-state index is -1.82. The summed E-state index contributed by atoms with van der Waals surface area (Å²) in [6.45, 7) is 1.86. The molecule has 0 N–H and O–H groups in total. The van der Waals surface area contributed by atoms with E-state index in [-0.39, 0.29) is 12.2 Å². The van der Waals surface area contributed by atoms with Crippen LogP contribution in [0.15, 0.2) is 30.3 Å². The van der Waals surface area contributed by atoms with Gasteiger partial charge in [-0.25, -0.2) is 17.6 Å². The quantitative estimate of drug-likeness (QED) is 0.188. The van der Waals surface area contributed by atoms with Crippen LogP contribution in [0.25, 0.3) is 0 Å². The van der Waals surface area contributed by atoms with Crippen molar-refractivity contribution < 1.29 is 22.3 Å². The maximum absolute atomic E-state index is 13.7. The van der Waals surface area contributed by atoms with Gasteiger partial charge < -0.3 is 4.74 Å². The molecule has 1 nitrogen and oxygen atoms in total. The first kappa shape index (κ1) is 21.7. The lowest BCUT2D eigenvalue weighted by atomic mass is 9.77. The topological polar surface area (TPSA) is 9.23 Å². The second kappa shape index (κ2) is 10.1. The standard InChI is InChI=1S/C24H28F4O/c1-2-3-4-5-16-6-8-17(9-7-16)18-10-12-20(13-11-18)29-15-19-14-21(25)23(27)24(28)22(19)26/h10-14,16-17H,2-9,15H2,1H3. The summed E-state index contributed by atoms with van der Waals surface area (Å²) in [5.41, 5.74) is 0.904. The number of benzene rings is 2. The Balaban J connectivity index is 1.52. The first-order chi connectivity index (χ1) is 14.0. The van der Waals surface area contributed by atoms with E-state index in [1.165, 1.54) is 56.9 Å². The molecule has 0 spiro atoms. The molecule has 29 heavy (non-hydrogen) atoms. The van der Waals surface area contributed by atoms with Crippen molar-refractivity contribution in [2.24, 2.45) is 5.92 Å². The van der Waals surface area contributed by atoms with Crippen LogP contribution in [-0.4, -0.2) is 0 Å². The molecule has 0 aliphatic heterocycles. The van der Waals surface area contributed by atoms with Gasteiger partial charge in [-0.3, -0.25) is 0 Å². The fraction of sp³-hybridized carbons (Fsp3) is 0.500. The summed E-state index contributed by atoms with van der Waals surface area (Å²) in [4.78, 5) is 0. The second-order valence-corrected chi connectivity index (χ2v) is 8.03. The van der Waals surface area contributed by atoms with Crippen LogP contribution in [0.4, 0.5) is 17.6 Å². The van der Waals surface area contributed by atoms with Gasteiger partial charge in [-0.05, 0) is 61.3 Å². The van der Waals surface area contributed by atoms with Crippen molar-refractivity contribution in [1.29, 1.82) is 0 Å². The molecule has 2 aromatic rings. The van der Waals surface area contributed by atoms with Crippen molar-refractivity contribution in [3.05, 3.63) is 64.7 Å². The molecular formula is C24H28F4O. The zero-order valence-electron chi connectivity index (χ0n) is 16.8. The van der Waals surface area contributed by atoms with E-state index in [9.17, 15) is 17.6 Å². The van der Waals surface area contributed by atoms with Crippen molar-refractivity contribution in [1.82, 2.24) is 0 Å². The van der Waals surface area contributed by atoms with Crippen molar-refractivity contribution >= 4 is 0 Å². The molecule has 1 aliphatic rings. The van der Waals surface area contributed by atoms with E-state index in [1.54, 1.807) is 12.1 Å². The minimum Gasteiger partial charge on any atom is -0.489 e. The van der Waals surface area contributed by atoms with E-state index in [2.05, 4.69) is 6.92 Å². The third kappa shape index (κ3) is 5.52. The summed E-state index contributed by atoms with van der Waals surface area (Å²) in [6, 6.07) is 8.20. The summed E-state index contributed by atoms with van der Waals surface area (Å²) in [7, 11) is 0. The fourth-order valence-electron chi connectivity index (χ4n) is 4.19. The Hall–Kier alpha value is -2.04. The summed E-state index contributed by atoms with van der Waals surface area (Å²) in [5, 5.41) is 0. The number of rotatable bonds is 8. The van der Waals surface area contributed by atoms with Crippen LogP contribution < -0.4 is 4.74 Å². The van der Waals surface area contributed by atoms with Crippen LogP contribution in [0.5, 0.6) is 5.75 Å². The first-order valence-electron chi connectivity index (χ1n) is 10.5. The summed E-state index contributed by atoms with van der Waals surface area (Å²) < 4.78 is 58.8. The molecule has 1 fully saturated rings. The third-order valence-corrected chi connectivity index (χ3v) is 5.99.